The summed E-state index contributed by atoms with van der Waals surface area (Å²) in [5.41, 5.74) is 3.39. The molecule has 1 unspecified atom stereocenters. The molecule has 0 radical (unpaired) electrons. The van der Waals surface area contributed by atoms with Gasteiger partial charge in [0.05, 0.1) is 7.11 Å². The van der Waals surface area contributed by atoms with E-state index in [2.05, 4.69) is 25.1 Å². The molecule has 0 aliphatic rings. The fourth-order valence-corrected chi connectivity index (χ4v) is 2.21. The molecule has 2 heteroatoms. The first-order valence-corrected chi connectivity index (χ1v) is 6.37. The van der Waals surface area contributed by atoms with E-state index in [1.807, 2.05) is 30.3 Å². The summed E-state index contributed by atoms with van der Waals surface area (Å²) >= 11 is 0. The Hall–Kier alpha value is -2.09. The molecule has 19 heavy (non-hydrogen) atoms. The predicted octanol–water partition coefficient (Wildman–Crippen LogP) is 3.53. The van der Waals surface area contributed by atoms with Crippen molar-refractivity contribution >= 4 is 6.29 Å². The van der Waals surface area contributed by atoms with Crippen LogP contribution in [0.4, 0.5) is 0 Å². The minimum atomic E-state index is -0.128. The Morgan fingerprint density at radius 1 is 1.16 bits per heavy atom. The van der Waals surface area contributed by atoms with Crippen molar-refractivity contribution in [3.05, 3.63) is 65.2 Å². The molecule has 1 atom stereocenters. The molecule has 0 aliphatic heterocycles. The lowest BCUT2D eigenvalue weighted by atomic mass is 9.92. The summed E-state index contributed by atoms with van der Waals surface area (Å²) in [6.45, 7) is 2.06. The molecular weight excluding hydrogens is 236 g/mol. The Morgan fingerprint density at radius 3 is 2.63 bits per heavy atom. The van der Waals surface area contributed by atoms with Crippen LogP contribution in [0.15, 0.2) is 48.5 Å². The summed E-state index contributed by atoms with van der Waals surface area (Å²) in [6, 6.07) is 16.0. The fraction of sp³-hybridized carbons (Fsp3) is 0.235. The SMILES string of the molecule is COc1cccc(C(C=O)Cc2cccc(C)c2)c1. The van der Waals surface area contributed by atoms with Crippen molar-refractivity contribution in [2.45, 2.75) is 19.3 Å². The Labute approximate surface area is 114 Å². The quantitative estimate of drug-likeness (QED) is 0.763. The van der Waals surface area contributed by atoms with Crippen molar-refractivity contribution in [2.24, 2.45) is 0 Å². The number of methoxy groups -OCH3 is 1. The molecule has 2 rings (SSSR count). The van der Waals surface area contributed by atoms with E-state index in [9.17, 15) is 4.79 Å². The average Bonchev–Trinajstić information content (AvgIpc) is 2.45. The first kappa shape index (κ1) is 13.3. The van der Waals surface area contributed by atoms with Crippen LogP contribution in [0.1, 0.15) is 22.6 Å². The highest BCUT2D eigenvalue weighted by Gasteiger charge is 2.12. The molecule has 0 fully saturated rings. The van der Waals surface area contributed by atoms with Crippen LogP contribution in [0.2, 0.25) is 0 Å². The lowest BCUT2D eigenvalue weighted by molar-refractivity contribution is -0.109. The number of carbonyl (C=O) groups is 1. The molecule has 0 spiro atoms. The van der Waals surface area contributed by atoms with E-state index in [0.717, 1.165) is 24.0 Å². The van der Waals surface area contributed by atoms with Gasteiger partial charge in [-0.3, -0.25) is 0 Å². The summed E-state index contributed by atoms with van der Waals surface area (Å²) in [7, 11) is 1.63. The molecule has 0 amide bonds. The van der Waals surface area contributed by atoms with Gasteiger partial charge in [-0.15, -0.1) is 0 Å². The second kappa shape index (κ2) is 6.19. The highest BCUT2D eigenvalue weighted by atomic mass is 16.5. The van der Waals surface area contributed by atoms with Crippen LogP contribution in [-0.4, -0.2) is 13.4 Å². The summed E-state index contributed by atoms with van der Waals surface area (Å²) in [6.07, 6.45) is 1.73. The van der Waals surface area contributed by atoms with Gasteiger partial charge in [-0.05, 0) is 36.6 Å². The molecule has 0 N–H and O–H groups in total. The first-order chi connectivity index (χ1) is 9.22. The third-order valence-corrected chi connectivity index (χ3v) is 3.22. The summed E-state index contributed by atoms with van der Waals surface area (Å²) in [5.74, 6) is 0.658. The number of hydrogen-bond acceptors (Lipinski definition) is 2. The maximum Gasteiger partial charge on any atom is 0.127 e. The molecule has 0 saturated carbocycles. The van der Waals surface area contributed by atoms with Gasteiger partial charge in [0.25, 0.3) is 0 Å². The molecule has 2 aromatic rings. The normalized spacial score (nSPS) is 11.9. The van der Waals surface area contributed by atoms with Gasteiger partial charge in [-0.1, -0.05) is 42.0 Å². The van der Waals surface area contributed by atoms with Crippen molar-refractivity contribution in [2.75, 3.05) is 7.11 Å². The Bertz CT molecular complexity index is 561. The van der Waals surface area contributed by atoms with Crippen molar-refractivity contribution in [1.29, 1.82) is 0 Å². The van der Waals surface area contributed by atoms with Gasteiger partial charge in [-0.2, -0.15) is 0 Å². The van der Waals surface area contributed by atoms with Gasteiger partial charge in [0.1, 0.15) is 12.0 Å². The Morgan fingerprint density at radius 2 is 1.95 bits per heavy atom. The van der Waals surface area contributed by atoms with Crippen molar-refractivity contribution in [3.8, 4) is 5.75 Å². The van der Waals surface area contributed by atoms with Gasteiger partial charge in [0.2, 0.25) is 0 Å². The molecule has 0 bridgehead atoms. The van der Waals surface area contributed by atoms with Gasteiger partial charge in [-0.25, -0.2) is 0 Å². The van der Waals surface area contributed by atoms with E-state index < -0.39 is 0 Å². The lowest BCUT2D eigenvalue weighted by Crippen LogP contribution is -2.04. The summed E-state index contributed by atoms with van der Waals surface area (Å²) in [5, 5.41) is 0. The lowest BCUT2D eigenvalue weighted by Gasteiger charge is -2.12. The minimum absolute atomic E-state index is 0.128. The third-order valence-electron chi connectivity index (χ3n) is 3.22. The molecular formula is C17H18O2. The number of rotatable bonds is 5. The van der Waals surface area contributed by atoms with E-state index in [1.54, 1.807) is 7.11 Å². The number of carbonyl (C=O) groups excluding carboxylic acids is 1. The maximum atomic E-state index is 11.4. The molecule has 2 aromatic carbocycles. The largest absolute Gasteiger partial charge is 0.497 e. The average molecular weight is 254 g/mol. The van der Waals surface area contributed by atoms with Crippen LogP contribution >= 0.6 is 0 Å². The van der Waals surface area contributed by atoms with Crippen LogP contribution in [0.5, 0.6) is 5.75 Å². The first-order valence-electron chi connectivity index (χ1n) is 6.37. The highest BCUT2D eigenvalue weighted by molar-refractivity contribution is 5.63. The smallest absolute Gasteiger partial charge is 0.127 e. The van der Waals surface area contributed by atoms with E-state index in [0.29, 0.717) is 0 Å². The van der Waals surface area contributed by atoms with Crippen LogP contribution in [0.3, 0.4) is 0 Å². The van der Waals surface area contributed by atoms with Gasteiger partial charge in [0, 0.05) is 5.92 Å². The number of aldehydes is 1. The Kier molecular flexibility index (Phi) is 4.35. The molecule has 0 aromatic heterocycles. The molecule has 0 heterocycles. The zero-order chi connectivity index (χ0) is 13.7. The topological polar surface area (TPSA) is 26.3 Å². The molecule has 98 valence electrons. The number of benzene rings is 2. The van der Waals surface area contributed by atoms with Crippen LogP contribution < -0.4 is 4.74 Å². The molecule has 2 nitrogen and oxygen atoms in total. The highest BCUT2D eigenvalue weighted by Crippen LogP contribution is 2.23. The zero-order valence-electron chi connectivity index (χ0n) is 11.3. The number of aryl methyl sites for hydroxylation is 1. The fourth-order valence-electron chi connectivity index (χ4n) is 2.21. The van der Waals surface area contributed by atoms with Crippen LogP contribution in [0, 0.1) is 6.92 Å². The van der Waals surface area contributed by atoms with Crippen LogP contribution in [0.25, 0.3) is 0 Å². The van der Waals surface area contributed by atoms with Crippen molar-refractivity contribution < 1.29 is 9.53 Å². The molecule has 0 aliphatic carbocycles. The van der Waals surface area contributed by atoms with Crippen molar-refractivity contribution in [1.82, 2.24) is 0 Å². The van der Waals surface area contributed by atoms with E-state index in [4.69, 9.17) is 4.74 Å². The minimum Gasteiger partial charge on any atom is -0.497 e. The van der Waals surface area contributed by atoms with Crippen molar-refractivity contribution in [3.63, 3.8) is 0 Å². The monoisotopic (exact) mass is 254 g/mol. The van der Waals surface area contributed by atoms with Gasteiger partial charge < -0.3 is 9.53 Å². The predicted molar refractivity (Wildman–Crippen MR) is 76.7 cm³/mol. The third kappa shape index (κ3) is 3.44. The second-order valence-corrected chi connectivity index (χ2v) is 4.71. The van der Waals surface area contributed by atoms with E-state index in [-0.39, 0.29) is 5.92 Å². The molecule has 0 saturated heterocycles. The summed E-state index contributed by atoms with van der Waals surface area (Å²) in [4.78, 5) is 11.4. The number of hydrogen-bond donors (Lipinski definition) is 0. The standard InChI is InChI=1S/C17H18O2/c1-13-5-3-6-14(9-13)10-16(12-18)15-7-4-8-17(11-15)19-2/h3-9,11-12,16H,10H2,1-2H3. The second-order valence-electron chi connectivity index (χ2n) is 4.71. The number of ether oxygens (including phenoxy) is 1. The maximum absolute atomic E-state index is 11.4. The zero-order valence-corrected chi connectivity index (χ0v) is 11.3. The van der Waals surface area contributed by atoms with Gasteiger partial charge in [0.15, 0.2) is 0 Å². The van der Waals surface area contributed by atoms with E-state index in [1.165, 1.54) is 11.1 Å². The van der Waals surface area contributed by atoms with Crippen LogP contribution in [-0.2, 0) is 11.2 Å². The van der Waals surface area contributed by atoms with E-state index >= 15 is 0 Å². The van der Waals surface area contributed by atoms with Gasteiger partial charge >= 0.3 is 0 Å². The Balaban J connectivity index is 2.22. The summed E-state index contributed by atoms with van der Waals surface area (Å²) < 4.78 is 5.20.